The maximum absolute atomic E-state index is 12.3. The Morgan fingerprint density at radius 1 is 1.32 bits per heavy atom. The predicted molar refractivity (Wildman–Crippen MR) is 91.5 cm³/mol. The summed E-state index contributed by atoms with van der Waals surface area (Å²) >= 11 is 5.33. The van der Waals surface area contributed by atoms with E-state index in [1.54, 1.807) is 13.0 Å². The van der Waals surface area contributed by atoms with E-state index in [1.807, 2.05) is 13.0 Å². The second kappa shape index (κ2) is 7.41. The predicted octanol–water partition coefficient (Wildman–Crippen LogP) is 2.48. The number of nitriles is 1. The minimum atomic E-state index is -0.356. The second-order valence-electron chi connectivity index (χ2n) is 5.87. The van der Waals surface area contributed by atoms with Crippen molar-refractivity contribution in [1.82, 2.24) is 9.99 Å². The molecule has 1 aromatic heterocycles. The van der Waals surface area contributed by atoms with Crippen LogP contribution in [0.5, 0.6) is 0 Å². The maximum Gasteiger partial charge on any atom is 0.287 e. The lowest BCUT2D eigenvalue weighted by atomic mass is 10.1. The summed E-state index contributed by atoms with van der Waals surface area (Å²) in [6.07, 6.45) is 7.19. The fourth-order valence-electron chi connectivity index (χ4n) is 2.91. The Morgan fingerprint density at radius 3 is 2.55 bits per heavy atom. The summed E-state index contributed by atoms with van der Waals surface area (Å²) in [4.78, 5) is 12.3. The van der Waals surface area contributed by atoms with E-state index >= 15 is 0 Å². The average molecular weight is 318 g/mol. The van der Waals surface area contributed by atoms with E-state index in [0.29, 0.717) is 16.7 Å². The molecule has 5 nitrogen and oxygen atoms in total. The van der Waals surface area contributed by atoms with Gasteiger partial charge < -0.3 is 5.32 Å². The first-order valence-corrected chi connectivity index (χ1v) is 8.14. The van der Waals surface area contributed by atoms with Crippen molar-refractivity contribution in [2.75, 3.05) is 5.43 Å². The zero-order chi connectivity index (χ0) is 16.1. The van der Waals surface area contributed by atoms with Crippen LogP contribution < -0.4 is 16.3 Å². The summed E-state index contributed by atoms with van der Waals surface area (Å²) in [5.41, 5.74) is 4.13. The molecule has 0 radical (unpaired) electrons. The molecule has 1 fully saturated rings. The number of rotatable bonds is 2. The fraction of sp³-hybridized carbons (Fsp3) is 0.562. The van der Waals surface area contributed by atoms with Crippen molar-refractivity contribution in [3.05, 3.63) is 33.2 Å². The molecular weight excluding hydrogens is 296 g/mol. The molecule has 0 atom stereocenters. The number of nitrogens with zero attached hydrogens (tertiary/aromatic N) is 2. The number of pyridine rings is 1. The van der Waals surface area contributed by atoms with Crippen molar-refractivity contribution in [3.63, 3.8) is 0 Å². The van der Waals surface area contributed by atoms with Crippen molar-refractivity contribution in [2.45, 2.75) is 58.4 Å². The molecule has 0 unspecified atom stereocenters. The molecule has 0 aromatic carbocycles. The van der Waals surface area contributed by atoms with E-state index in [-0.39, 0.29) is 11.1 Å². The van der Waals surface area contributed by atoms with Crippen LogP contribution in [0.2, 0.25) is 0 Å². The Balaban J connectivity index is 2.12. The van der Waals surface area contributed by atoms with Gasteiger partial charge in [0.05, 0.1) is 0 Å². The first-order valence-electron chi connectivity index (χ1n) is 7.74. The highest BCUT2D eigenvalue weighted by Gasteiger charge is 2.15. The molecule has 0 saturated heterocycles. The smallest absolute Gasteiger partial charge is 0.287 e. The molecule has 1 saturated carbocycles. The lowest BCUT2D eigenvalue weighted by Gasteiger charge is -2.21. The van der Waals surface area contributed by atoms with Crippen LogP contribution in [-0.2, 0) is 0 Å². The van der Waals surface area contributed by atoms with E-state index in [1.165, 1.54) is 30.4 Å². The van der Waals surface area contributed by atoms with Gasteiger partial charge in [-0.2, -0.15) is 5.26 Å². The highest BCUT2D eigenvalue weighted by atomic mass is 32.1. The molecule has 118 valence electrons. The minimum absolute atomic E-state index is 0.148. The topological polar surface area (TPSA) is 69.8 Å². The van der Waals surface area contributed by atoms with Crippen LogP contribution in [0.1, 0.15) is 55.3 Å². The molecule has 1 aliphatic carbocycles. The Labute approximate surface area is 136 Å². The van der Waals surface area contributed by atoms with Gasteiger partial charge in [0.1, 0.15) is 11.6 Å². The third-order valence-corrected chi connectivity index (χ3v) is 4.31. The van der Waals surface area contributed by atoms with Crippen molar-refractivity contribution < 1.29 is 0 Å². The van der Waals surface area contributed by atoms with Gasteiger partial charge in [-0.05, 0) is 50.5 Å². The quantitative estimate of drug-likeness (QED) is 0.647. The Bertz CT molecular complexity index is 651. The maximum atomic E-state index is 12.3. The zero-order valence-corrected chi connectivity index (χ0v) is 13.9. The first kappa shape index (κ1) is 16.5. The Kier molecular flexibility index (Phi) is 5.56. The van der Waals surface area contributed by atoms with Gasteiger partial charge in [-0.1, -0.05) is 25.7 Å². The molecule has 0 aliphatic heterocycles. The largest absolute Gasteiger partial charge is 0.359 e. The summed E-state index contributed by atoms with van der Waals surface area (Å²) in [5, 5.41) is 12.8. The number of aromatic nitrogens is 1. The second-order valence-corrected chi connectivity index (χ2v) is 6.28. The van der Waals surface area contributed by atoms with E-state index in [2.05, 4.69) is 10.7 Å². The van der Waals surface area contributed by atoms with Crippen LogP contribution in [-0.4, -0.2) is 15.8 Å². The molecule has 1 heterocycles. The summed E-state index contributed by atoms with van der Waals surface area (Å²) in [6, 6.07) is 4.12. The standard InChI is InChI=1S/C16H22N4OS/c1-11-9-12(2)20(15(21)14(11)10-17)19-16(22)18-13-7-5-3-4-6-8-13/h9,13H,3-8H2,1-2H3,(H2,18,19,22). The Morgan fingerprint density at radius 2 is 1.95 bits per heavy atom. The normalized spacial score (nSPS) is 15.7. The molecule has 0 amide bonds. The van der Waals surface area contributed by atoms with Crippen molar-refractivity contribution >= 4 is 17.3 Å². The Hall–Kier alpha value is -1.87. The molecule has 0 bridgehead atoms. The van der Waals surface area contributed by atoms with Crippen molar-refractivity contribution in [3.8, 4) is 6.07 Å². The van der Waals surface area contributed by atoms with Crippen LogP contribution in [0.3, 0.4) is 0 Å². The fourth-order valence-corrected chi connectivity index (χ4v) is 3.17. The average Bonchev–Trinajstić information content (AvgIpc) is 2.72. The molecule has 1 aliphatic rings. The van der Waals surface area contributed by atoms with Crippen molar-refractivity contribution in [2.24, 2.45) is 0 Å². The van der Waals surface area contributed by atoms with Gasteiger partial charge in [0, 0.05) is 11.7 Å². The highest BCUT2D eigenvalue weighted by molar-refractivity contribution is 7.80. The van der Waals surface area contributed by atoms with Crippen LogP contribution >= 0.6 is 12.2 Å². The lowest BCUT2D eigenvalue weighted by molar-refractivity contribution is 0.533. The number of thiocarbonyl (C=S) groups is 1. The third kappa shape index (κ3) is 3.86. The minimum Gasteiger partial charge on any atom is -0.359 e. The summed E-state index contributed by atoms with van der Waals surface area (Å²) < 4.78 is 1.34. The molecule has 2 rings (SSSR count). The molecule has 1 aromatic rings. The van der Waals surface area contributed by atoms with Crippen LogP contribution in [0.25, 0.3) is 0 Å². The summed E-state index contributed by atoms with van der Waals surface area (Å²) in [5.74, 6) is 0. The molecule has 6 heteroatoms. The van der Waals surface area contributed by atoms with Crippen LogP contribution in [0, 0.1) is 25.2 Å². The van der Waals surface area contributed by atoms with Gasteiger partial charge in [0.15, 0.2) is 5.11 Å². The van der Waals surface area contributed by atoms with E-state index in [4.69, 9.17) is 17.5 Å². The number of hydrogen-bond acceptors (Lipinski definition) is 3. The third-order valence-electron chi connectivity index (χ3n) is 4.10. The van der Waals surface area contributed by atoms with Gasteiger partial charge in [-0.3, -0.25) is 10.2 Å². The van der Waals surface area contributed by atoms with E-state index in [9.17, 15) is 4.79 Å². The van der Waals surface area contributed by atoms with Gasteiger partial charge in [0.2, 0.25) is 0 Å². The zero-order valence-electron chi connectivity index (χ0n) is 13.1. The SMILES string of the molecule is Cc1cc(C)n(NC(=S)NC2CCCCCC2)c(=O)c1C#N. The van der Waals surface area contributed by atoms with Gasteiger partial charge in [-0.25, -0.2) is 4.68 Å². The number of aryl methyl sites for hydroxylation is 2. The number of nitrogens with one attached hydrogen (secondary N) is 2. The van der Waals surface area contributed by atoms with Crippen LogP contribution in [0.15, 0.2) is 10.9 Å². The number of hydrogen-bond donors (Lipinski definition) is 2. The van der Waals surface area contributed by atoms with Crippen LogP contribution in [0.4, 0.5) is 0 Å². The van der Waals surface area contributed by atoms with Gasteiger partial charge >= 0.3 is 0 Å². The molecule has 0 spiro atoms. The van der Waals surface area contributed by atoms with Crippen molar-refractivity contribution in [1.29, 1.82) is 5.26 Å². The van der Waals surface area contributed by atoms with E-state index < -0.39 is 0 Å². The monoisotopic (exact) mass is 318 g/mol. The van der Waals surface area contributed by atoms with Gasteiger partial charge in [-0.15, -0.1) is 0 Å². The molecule has 2 N–H and O–H groups in total. The molecule has 22 heavy (non-hydrogen) atoms. The molecular formula is C16H22N4OS. The van der Waals surface area contributed by atoms with Gasteiger partial charge in [0.25, 0.3) is 5.56 Å². The van der Waals surface area contributed by atoms with E-state index in [0.717, 1.165) is 18.5 Å². The summed E-state index contributed by atoms with van der Waals surface area (Å²) in [6.45, 7) is 3.58. The first-order chi connectivity index (χ1) is 10.5. The highest BCUT2D eigenvalue weighted by Crippen LogP contribution is 2.17. The lowest BCUT2D eigenvalue weighted by Crippen LogP contribution is -2.44. The summed E-state index contributed by atoms with van der Waals surface area (Å²) in [7, 11) is 0.